The van der Waals surface area contributed by atoms with Crippen LogP contribution < -0.4 is 0 Å². The minimum Gasteiger partial charge on any atom is -0.478 e. The summed E-state index contributed by atoms with van der Waals surface area (Å²) in [4.78, 5) is 15.1. The summed E-state index contributed by atoms with van der Waals surface area (Å²) in [6, 6.07) is 15.4. The van der Waals surface area contributed by atoms with Gasteiger partial charge in [0.2, 0.25) is 0 Å². The van der Waals surface area contributed by atoms with E-state index in [1.54, 1.807) is 30.3 Å². The maximum absolute atomic E-state index is 13.9. The van der Waals surface area contributed by atoms with Crippen molar-refractivity contribution >= 4 is 26.9 Å². The lowest BCUT2D eigenvalue weighted by Gasteiger charge is -2.14. The second kappa shape index (κ2) is 8.88. The zero-order valence-corrected chi connectivity index (χ0v) is 20.2. The van der Waals surface area contributed by atoms with Crippen LogP contribution in [0, 0.1) is 0 Å². The number of aromatic carboxylic acids is 1. The van der Waals surface area contributed by atoms with Gasteiger partial charge in [-0.3, -0.25) is 4.98 Å². The molecule has 2 aromatic heterocycles. The van der Waals surface area contributed by atoms with Crippen molar-refractivity contribution in [3.63, 3.8) is 0 Å². The Bertz CT molecular complexity index is 1500. The van der Waals surface area contributed by atoms with Gasteiger partial charge in [-0.2, -0.15) is 8.78 Å². The van der Waals surface area contributed by atoms with Crippen LogP contribution in [0.2, 0.25) is 0 Å². The molecule has 0 atom stereocenters. The fourth-order valence-corrected chi connectivity index (χ4v) is 5.42. The highest BCUT2D eigenvalue weighted by Crippen LogP contribution is 2.32. The smallest absolute Gasteiger partial charge is 0.335 e. The molecule has 1 N–H and O–H groups in total. The van der Waals surface area contributed by atoms with Crippen molar-refractivity contribution < 1.29 is 27.1 Å². The quantitative estimate of drug-likeness (QED) is 0.348. The molecule has 35 heavy (non-hydrogen) atoms. The molecule has 0 aliphatic rings. The molecule has 0 radical (unpaired) electrons. The first-order chi connectivity index (χ1) is 16.4. The summed E-state index contributed by atoms with van der Waals surface area (Å²) < 4.78 is 56.4. The first-order valence-electron chi connectivity index (χ1n) is 10.9. The lowest BCUT2D eigenvalue weighted by molar-refractivity contribution is 0.0129. The van der Waals surface area contributed by atoms with Crippen molar-refractivity contribution in [1.82, 2.24) is 8.96 Å². The minimum atomic E-state index is -4.09. The zero-order valence-electron chi connectivity index (χ0n) is 19.4. The third-order valence-electron chi connectivity index (χ3n) is 5.84. The van der Waals surface area contributed by atoms with E-state index in [9.17, 15) is 22.0 Å². The van der Waals surface area contributed by atoms with E-state index in [2.05, 4.69) is 4.98 Å². The molecule has 0 spiro atoms. The largest absolute Gasteiger partial charge is 0.478 e. The molecular weight excluding hydrogens is 474 g/mol. The first kappa shape index (κ1) is 24.5. The van der Waals surface area contributed by atoms with Crippen LogP contribution in [-0.4, -0.2) is 28.5 Å². The van der Waals surface area contributed by atoms with E-state index in [0.29, 0.717) is 16.6 Å². The van der Waals surface area contributed by atoms with Gasteiger partial charge in [-0.05, 0) is 53.4 Å². The summed E-state index contributed by atoms with van der Waals surface area (Å²) in [6.07, 6.45) is 1.29. The number of fused-ring (bicyclic) bond motifs is 1. The Kier molecular flexibility index (Phi) is 6.23. The number of hydrogen-bond donors (Lipinski definition) is 1. The average Bonchev–Trinajstić information content (AvgIpc) is 3.16. The van der Waals surface area contributed by atoms with Crippen molar-refractivity contribution in [2.45, 2.75) is 43.9 Å². The number of rotatable bonds is 7. The van der Waals surface area contributed by atoms with Crippen LogP contribution in [0.5, 0.6) is 0 Å². The van der Waals surface area contributed by atoms with Crippen molar-refractivity contribution in [3.05, 3.63) is 94.9 Å². The molecule has 0 fully saturated rings. The van der Waals surface area contributed by atoms with E-state index in [4.69, 9.17) is 5.11 Å². The SMILES string of the molecule is CC(C)c1ccc(S(=O)(=O)n2c(Cc3ccc(C(=O)O)cc3)cc3cc(C(C)(F)F)ncc32)cc1. The molecule has 0 amide bonds. The number of carboxylic acid groups (broad SMARTS) is 1. The van der Waals surface area contributed by atoms with Crippen LogP contribution >= 0.6 is 0 Å². The highest BCUT2D eigenvalue weighted by molar-refractivity contribution is 7.90. The number of halogens is 2. The van der Waals surface area contributed by atoms with Gasteiger partial charge < -0.3 is 5.11 Å². The molecule has 2 heterocycles. The number of carboxylic acids is 1. The molecule has 6 nitrogen and oxygen atoms in total. The highest BCUT2D eigenvalue weighted by atomic mass is 32.2. The molecule has 4 aromatic rings. The van der Waals surface area contributed by atoms with Crippen LogP contribution in [-0.2, 0) is 22.4 Å². The van der Waals surface area contributed by atoms with Crippen molar-refractivity contribution in [2.24, 2.45) is 0 Å². The second-order valence-electron chi connectivity index (χ2n) is 8.82. The Labute approximate surface area is 201 Å². The molecule has 0 saturated carbocycles. The lowest BCUT2D eigenvalue weighted by atomic mass is 10.0. The summed E-state index contributed by atoms with van der Waals surface area (Å²) in [6.45, 7) is 4.74. The Morgan fingerprint density at radius 1 is 1.06 bits per heavy atom. The van der Waals surface area contributed by atoms with Crippen molar-refractivity contribution in [1.29, 1.82) is 0 Å². The molecule has 0 aliphatic heterocycles. The van der Waals surface area contributed by atoms with Crippen LogP contribution in [0.4, 0.5) is 8.78 Å². The van der Waals surface area contributed by atoms with Gasteiger partial charge in [0, 0.05) is 24.4 Å². The fourth-order valence-electron chi connectivity index (χ4n) is 3.89. The van der Waals surface area contributed by atoms with Gasteiger partial charge >= 0.3 is 5.97 Å². The van der Waals surface area contributed by atoms with Gasteiger partial charge in [0.05, 0.1) is 22.2 Å². The third-order valence-corrected chi connectivity index (χ3v) is 7.62. The summed E-state index contributed by atoms with van der Waals surface area (Å²) >= 11 is 0. The maximum Gasteiger partial charge on any atom is 0.335 e. The number of hydrogen-bond acceptors (Lipinski definition) is 4. The fraction of sp³-hybridized carbons (Fsp3) is 0.231. The van der Waals surface area contributed by atoms with Crippen molar-refractivity contribution in [3.8, 4) is 0 Å². The number of alkyl halides is 2. The Morgan fingerprint density at radius 2 is 1.69 bits per heavy atom. The van der Waals surface area contributed by atoms with Crippen molar-refractivity contribution in [2.75, 3.05) is 0 Å². The van der Waals surface area contributed by atoms with E-state index in [1.807, 2.05) is 13.8 Å². The standard InChI is InChI=1S/C26H24F2N2O4S/c1-16(2)18-8-10-22(11-9-18)35(33,34)30-21(12-17-4-6-19(7-5-17)25(31)32)13-20-14-24(26(3,27)28)29-15-23(20)30/h4-11,13-16H,12H2,1-3H3,(H,31,32). The van der Waals surface area contributed by atoms with E-state index in [-0.39, 0.29) is 28.3 Å². The Morgan fingerprint density at radius 3 is 2.23 bits per heavy atom. The molecule has 2 aromatic carbocycles. The second-order valence-corrected chi connectivity index (χ2v) is 10.6. The predicted molar refractivity (Wildman–Crippen MR) is 129 cm³/mol. The predicted octanol–water partition coefficient (Wildman–Crippen LogP) is 5.80. The number of benzene rings is 2. The van der Waals surface area contributed by atoms with Gasteiger partial charge in [-0.15, -0.1) is 0 Å². The normalized spacial score (nSPS) is 12.4. The van der Waals surface area contributed by atoms with Crippen LogP contribution in [0.15, 0.2) is 71.8 Å². The van der Waals surface area contributed by atoms with Gasteiger partial charge in [-0.25, -0.2) is 17.2 Å². The average molecular weight is 499 g/mol. The van der Waals surface area contributed by atoms with Crippen LogP contribution in [0.25, 0.3) is 10.9 Å². The van der Waals surface area contributed by atoms with Gasteiger partial charge in [0.15, 0.2) is 0 Å². The van der Waals surface area contributed by atoms with E-state index in [1.165, 1.54) is 30.3 Å². The van der Waals surface area contributed by atoms with E-state index >= 15 is 0 Å². The van der Waals surface area contributed by atoms with Gasteiger partial charge in [0.25, 0.3) is 15.9 Å². The summed E-state index contributed by atoms with van der Waals surface area (Å²) in [7, 11) is -4.09. The number of carbonyl (C=O) groups is 1. The molecule has 0 aliphatic carbocycles. The topological polar surface area (TPSA) is 89.3 Å². The minimum absolute atomic E-state index is 0.0618. The number of aromatic nitrogens is 2. The third kappa shape index (κ3) is 4.81. The van der Waals surface area contributed by atoms with E-state index < -0.39 is 27.6 Å². The number of pyridine rings is 1. The highest BCUT2D eigenvalue weighted by Gasteiger charge is 2.29. The molecule has 182 valence electrons. The molecule has 4 rings (SSSR count). The molecular formula is C26H24F2N2O4S. The number of nitrogens with zero attached hydrogens (tertiary/aromatic N) is 2. The van der Waals surface area contributed by atoms with Gasteiger partial charge in [0.1, 0.15) is 5.69 Å². The molecule has 0 bridgehead atoms. The van der Waals surface area contributed by atoms with Crippen LogP contribution in [0.3, 0.4) is 0 Å². The van der Waals surface area contributed by atoms with E-state index in [0.717, 1.165) is 22.7 Å². The summed E-state index contributed by atoms with van der Waals surface area (Å²) in [5.41, 5.74) is 1.82. The molecule has 0 unspecified atom stereocenters. The Hall–Kier alpha value is -3.59. The first-order valence-corrected chi connectivity index (χ1v) is 12.4. The monoisotopic (exact) mass is 498 g/mol. The maximum atomic E-state index is 13.9. The molecule has 0 saturated heterocycles. The zero-order chi connectivity index (χ0) is 25.5. The Balaban J connectivity index is 1.88. The van der Waals surface area contributed by atoms with Crippen LogP contribution in [0.1, 0.15) is 59.6 Å². The molecule has 9 heteroatoms. The van der Waals surface area contributed by atoms with Gasteiger partial charge in [-0.1, -0.05) is 38.1 Å². The summed E-state index contributed by atoms with van der Waals surface area (Å²) in [5.74, 6) is -4.03. The lowest BCUT2D eigenvalue weighted by Crippen LogP contribution is -2.16. The summed E-state index contributed by atoms with van der Waals surface area (Å²) in [5, 5.41) is 9.45.